The molecule has 0 saturated heterocycles. The van der Waals surface area contributed by atoms with Gasteiger partial charge in [0.05, 0.1) is 16.8 Å². The third-order valence-electron chi connectivity index (χ3n) is 4.38. The van der Waals surface area contributed by atoms with Gasteiger partial charge < -0.3 is 14.6 Å². The average molecular weight is 431 g/mol. The van der Waals surface area contributed by atoms with E-state index in [1.807, 2.05) is 74.0 Å². The molecule has 0 aliphatic carbocycles. The highest BCUT2D eigenvalue weighted by molar-refractivity contribution is 7.99. The monoisotopic (exact) mass is 430 g/mol. The topological polar surface area (TPSA) is 69.0 Å². The summed E-state index contributed by atoms with van der Waals surface area (Å²) in [5, 5.41) is 12.6. The number of nitrogens with zero attached hydrogens (tertiary/aromatic N) is 3. The van der Waals surface area contributed by atoms with Gasteiger partial charge in [-0.25, -0.2) is 0 Å². The molecule has 1 amide bonds. The van der Waals surface area contributed by atoms with Crippen LogP contribution in [0, 0.1) is 0 Å². The summed E-state index contributed by atoms with van der Waals surface area (Å²) in [7, 11) is 1.86. The number of benzene rings is 2. The molecule has 6 nitrogen and oxygen atoms in total. The molecule has 0 unspecified atom stereocenters. The Morgan fingerprint density at radius 2 is 1.83 bits per heavy atom. The molecule has 0 aliphatic heterocycles. The number of halogens is 1. The summed E-state index contributed by atoms with van der Waals surface area (Å²) >= 11 is 7.49. The first-order chi connectivity index (χ1) is 14.0. The molecule has 0 spiro atoms. The van der Waals surface area contributed by atoms with Crippen molar-refractivity contribution in [3.8, 4) is 5.75 Å². The first-order valence-corrected chi connectivity index (χ1v) is 10.6. The average Bonchev–Trinajstić information content (AvgIpc) is 3.09. The van der Waals surface area contributed by atoms with Crippen LogP contribution in [0.5, 0.6) is 5.75 Å². The molecule has 8 heteroatoms. The van der Waals surface area contributed by atoms with Crippen LogP contribution < -0.4 is 10.1 Å². The number of thioether (sulfide) groups is 1. The van der Waals surface area contributed by atoms with Crippen molar-refractivity contribution in [3.05, 3.63) is 71.0 Å². The van der Waals surface area contributed by atoms with Gasteiger partial charge in [0.25, 0.3) is 0 Å². The predicted molar refractivity (Wildman–Crippen MR) is 115 cm³/mol. The van der Waals surface area contributed by atoms with E-state index in [2.05, 4.69) is 15.5 Å². The Morgan fingerprint density at radius 1 is 1.14 bits per heavy atom. The molecule has 0 saturated carbocycles. The molecule has 1 aromatic heterocycles. The zero-order chi connectivity index (χ0) is 20.8. The molecule has 29 heavy (non-hydrogen) atoms. The van der Waals surface area contributed by atoms with Gasteiger partial charge in [0.2, 0.25) is 5.91 Å². The van der Waals surface area contributed by atoms with Crippen molar-refractivity contribution >= 4 is 29.3 Å². The molecule has 1 N–H and O–H groups in total. The maximum atomic E-state index is 12.3. The van der Waals surface area contributed by atoms with Crippen molar-refractivity contribution in [1.29, 1.82) is 0 Å². The number of aromatic nitrogens is 3. The van der Waals surface area contributed by atoms with Crippen molar-refractivity contribution in [3.63, 3.8) is 0 Å². The molecule has 3 rings (SSSR count). The fraction of sp³-hybridized carbons (Fsp3) is 0.286. The van der Waals surface area contributed by atoms with Crippen LogP contribution in [0.25, 0.3) is 0 Å². The molecular formula is C21H23ClN4O2S. The fourth-order valence-electron chi connectivity index (χ4n) is 2.83. The Morgan fingerprint density at radius 3 is 2.55 bits per heavy atom. The fourth-order valence-corrected chi connectivity index (χ4v) is 3.74. The van der Waals surface area contributed by atoms with Gasteiger partial charge in [-0.15, -0.1) is 10.2 Å². The number of nitrogens with one attached hydrogen (secondary N) is 1. The minimum atomic E-state index is -0.339. The van der Waals surface area contributed by atoms with Crippen molar-refractivity contribution in [1.82, 2.24) is 20.1 Å². The Labute approximate surface area is 179 Å². The van der Waals surface area contributed by atoms with Gasteiger partial charge >= 0.3 is 0 Å². The van der Waals surface area contributed by atoms with Crippen LogP contribution in [0.1, 0.15) is 37.4 Å². The second kappa shape index (κ2) is 9.80. The highest BCUT2D eigenvalue weighted by Gasteiger charge is 2.19. The van der Waals surface area contributed by atoms with Gasteiger partial charge in [-0.3, -0.25) is 4.79 Å². The van der Waals surface area contributed by atoms with Crippen LogP contribution in [0.15, 0.2) is 59.8 Å². The Balaban J connectivity index is 1.56. The summed E-state index contributed by atoms with van der Waals surface area (Å²) in [4.78, 5) is 12.3. The quantitative estimate of drug-likeness (QED) is 0.530. The lowest BCUT2D eigenvalue weighted by Gasteiger charge is -2.15. The van der Waals surface area contributed by atoms with E-state index in [9.17, 15) is 4.79 Å². The number of para-hydroxylation sites is 1. The summed E-state index contributed by atoms with van der Waals surface area (Å²) < 4.78 is 7.74. The zero-order valence-corrected chi connectivity index (χ0v) is 18.1. The summed E-state index contributed by atoms with van der Waals surface area (Å²) in [5.74, 6) is 1.44. The number of hydrogen-bond donors (Lipinski definition) is 1. The summed E-state index contributed by atoms with van der Waals surface area (Å²) in [6, 6.07) is 17.1. The number of amides is 1. The molecule has 0 radical (unpaired) electrons. The standard InChI is InChI=1S/C21H23ClN4O2S/c1-14(16-9-5-4-6-10-16)23-19(27)13-29-21-25-24-20(26(21)3)15(2)28-18-12-8-7-11-17(18)22/h4-12,14-15H,13H2,1-3H3,(H,23,27)/t14-,15-/m1/s1. The molecule has 0 aliphatic rings. The van der Waals surface area contributed by atoms with Crippen LogP contribution in [-0.2, 0) is 11.8 Å². The van der Waals surface area contributed by atoms with E-state index >= 15 is 0 Å². The molecule has 0 bridgehead atoms. The van der Waals surface area contributed by atoms with Crippen LogP contribution in [0.4, 0.5) is 0 Å². The molecule has 3 aromatic rings. The van der Waals surface area contributed by atoms with Crippen molar-refractivity contribution in [2.75, 3.05) is 5.75 Å². The molecular weight excluding hydrogens is 408 g/mol. The van der Waals surface area contributed by atoms with Crippen molar-refractivity contribution in [2.45, 2.75) is 31.1 Å². The molecule has 0 fully saturated rings. The van der Waals surface area contributed by atoms with Crippen molar-refractivity contribution < 1.29 is 9.53 Å². The van der Waals surface area contributed by atoms with Gasteiger partial charge in [0.1, 0.15) is 5.75 Å². The number of hydrogen-bond acceptors (Lipinski definition) is 5. The number of carbonyl (C=O) groups is 1. The Kier molecular flexibility index (Phi) is 7.17. The largest absolute Gasteiger partial charge is 0.481 e. The first kappa shape index (κ1) is 21.2. The van der Waals surface area contributed by atoms with Gasteiger partial charge in [-0.1, -0.05) is 65.8 Å². The highest BCUT2D eigenvalue weighted by Crippen LogP contribution is 2.29. The first-order valence-electron chi connectivity index (χ1n) is 9.23. The number of carbonyl (C=O) groups excluding carboxylic acids is 1. The van der Waals surface area contributed by atoms with E-state index in [1.54, 1.807) is 6.07 Å². The Bertz CT molecular complexity index is 964. The van der Waals surface area contributed by atoms with E-state index in [1.165, 1.54) is 11.8 Å². The van der Waals surface area contributed by atoms with Crippen LogP contribution in [0.3, 0.4) is 0 Å². The predicted octanol–water partition coefficient (Wildman–Crippen LogP) is 4.58. The summed E-state index contributed by atoms with van der Waals surface area (Å²) in [6.45, 7) is 3.85. The van der Waals surface area contributed by atoms with Gasteiger partial charge in [0.15, 0.2) is 17.1 Å². The van der Waals surface area contributed by atoms with Gasteiger partial charge in [-0.2, -0.15) is 0 Å². The van der Waals surface area contributed by atoms with E-state index < -0.39 is 0 Å². The number of ether oxygens (including phenoxy) is 1. The highest BCUT2D eigenvalue weighted by atomic mass is 35.5. The molecule has 2 aromatic carbocycles. The minimum absolute atomic E-state index is 0.0524. The van der Waals surface area contributed by atoms with E-state index in [4.69, 9.17) is 16.3 Å². The van der Waals surface area contributed by atoms with Gasteiger partial charge in [-0.05, 0) is 31.5 Å². The van der Waals surface area contributed by atoms with Crippen LogP contribution in [-0.4, -0.2) is 26.4 Å². The Hall–Kier alpha value is -2.51. The van der Waals surface area contributed by atoms with Crippen LogP contribution in [0.2, 0.25) is 5.02 Å². The SMILES string of the molecule is C[C@@H](NC(=O)CSc1nnc([C@@H](C)Oc2ccccc2Cl)n1C)c1ccccc1. The lowest BCUT2D eigenvalue weighted by Crippen LogP contribution is -2.28. The lowest BCUT2D eigenvalue weighted by atomic mass is 10.1. The third-order valence-corrected chi connectivity index (χ3v) is 5.71. The summed E-state index contributed by atoms with van der Waals surface area (Å²) in [5.41, 5.74) is 1.07. The maximum absolute atomic E-state index is 12.3. The van der Waals surface area contributed by atoms with Crippen LogP contribution >= 0.6 is 23.4 Å². The zero-order valence-electron chi connectivity index (χ0n) is 16.5. The normalized spacial score (nSPS) is 13.0. The smallest absolute Gasteiger partial charge is 0.230 e. The van der Waals surface area contributed by atoms with E-state index in [0.29, 0.717) is 21.8 Å². The lowest BCUT2D eigenvalue weighted by molar-refractivity contribution is -0.119. The maximum Gasteiger partial charge on any atom is 0.230 e. The second-order valence-electron chi connectivity index (χ2n) is 6.58. The third kappa shape index (κ3) is 5.52. The van der Waals surface area contributed by atoms with Gasteiger partial charge in [0, 0.05) is 7.05 Å². The minimum Gasteiger partial charge on any atom is -0.481 e. The summed E-state index contributed by atoms with van der Waals surface area (Å²) in [6.07, 6.45) is -0.339. The number of rotatable bonds is 8. The van der Waals surface area contributed by atoms with Crippen molar-refractivity contribution in [2.24, 2.45) is 7.05 Å². The van der Waals surface area contributed by atoms with E-state index in [0.717, 1.165) is 5.56 Å². The molecule has 2 atom stereocenters. The molecule has 152 valence electrons. The van der Waals surface area contributed by atoms with E-state index in [-0.39, 0.29) is 23.8 Å². The second-order valence-corrected chi connectivity index (χ2v) is 7.93. The molecule has 1 heterocycles.